The van der Waals surface area contributed by atoms with Gasteiger partial charge < -0.3 is 9.84 Å². The second kappa shape index (κ2) is 9.77. The lowest BCUT2D eigenvalue weighted by atomic mass is 9.84. The number of hydrogen-bond donors (Lipinski definition) is 1. The maximum Gasteiger partial charge on any atom is 0.337 e. The number of carboxylic acids is 1. The molecule has 1 N–H and O–H groups in total. The SMILES string of the molecule is Cc1ccc(-c2c(C)c3c(c(C)c2[C@H](OC(C)(C)C)C(=O)O)N2[C@H](C3)CN(Cc3ccccc3)S2(=O)=O)cc1. The normalized spacial score (nSPS) is 19.1. The molecule has 0 bridgehead atoms. The van der Waals surface area contributed by atoms with Crippen LogP contribution in [0.25, 0.3) is 11.1 Å². The van der Waals surface area contributed by atoms with Gasteiger partial charge in [-0.2, -0.15) is 12.7 Å². The van der Waals surface area contributed by atoms with Crippen LogP contribution in [0.5, 0.6) is 0 Å². The molecule has 8 heteroatoms. The Balaban J connectivity index is 1.71. The van der Waals surface area contributed by atoms with Gasteiger partial charge in [0.1, 0.15) is 0 Å². The summed E-state index contributed by atoms with van der Waals surface area (Å²) in [6.07, 6.45) is -0.695. The maximum absolute atomic E-state index is 13.9. The van der Waals surface area contributed by atoms with E-state index in [0.29, 0.717) is 36.3 Å². The number of carboxylic acid groups (broad SMARTS) is 1. The van der Waals surface area contributed by atoms with Gasteiger partial charge in [-0.05, 0) is 81.3 Å². The number of anilines is 1. The molecule has 1 saturated heterocycles. The van der Waals surface area contributed by atoms with Crippen LogP contribution in [0.4, 0.5) is 5.69 Å². The summed E-state index contributed by atoms with van der Waals surface area (Å²) in [5, 5.41) is 10.4. The largest absolute Gasteiger partial charge is 0.479 e. The molecule has 7 nitrogen and oxygen atoms in total. The molecule has 39 heavy (non-hydrogen) atoms. The standard InChI is InChI=1S/C31H36N2O5S/c1-19-12-14-23(15-13-19)26-20(2)25-16-24-18-32(17-22-10-8-7-9-11-22)39(36,37)33(24)28(25)21(3)27(26)29(30(34)35)38-31(4,5)6/h7-15,24,29H,16-18H2,1-6H3,(H,34,35)/t24-,29+/m1/s1. The molecule has 3 aromatic rings. The van der Waals surface area contributed by atoms with E-state index in [9.17, 15) is 18.3 Å². The molecule has 2 heterocycles. The number of carbonyl (C=O) groups is 1. The van der Waals surface area contributed by atoms with E-state index >= 15 is 0 Å². The fraction of sp³-hybridized carbons (Fsp3) is 0.387. The molecule has 0 saturated carbocycles. The van der Waals surface area contributed by atoms with Gasteiger partial charge in [0.2, 0.25) is 0 Å². The Labute approximate surface area is 231 Å². The number of nitrogens with zero attached hydrogens (tertiary/aromatic N) is 2. The van der Waals surface area contributed by atoms with Crippen molar-refractivity contribution in [2.45, 2.75) is 72.3 Å². The van der Waals surface area contributed by atoms with Crippen molar-refractivity contribution in [2.75, 3.05) is 10.8 Å². The Morgan fingerprint density at radius 1 is 1.03 bits per heavy atom. The Bertz CT molecular complexity index is 1530. The fourth-order valence-corrected chi connectivity index (χ4v) is 7.87. The van der Waals surface area contributed by atoms with E-state index in [0.717, 1.165) is 33.4 Å². The first-order valence-electron chi connectivity index (χ1n) is 13.3. The summed E-state index contributed by atoms with van der Waals surface area (Å²) in [7, 11) is -3.82. The fourth-order valence-electron chi connectivity index (χ4n) is 5.96. The lowest BCUT2D eigenvalue weighted by Gasteiger charge is -2.31. The van der Waals surface area contributed by atoms with Gasteiger partial charge in [0, 0.05) is 18.7 Å². The molecule has 0 spiro atoms. The average molecular weight is 549 g/mol. The van der Waals surface area contributed by atoms with Crippen molar-refractivity contribution in [1.29, 1.82) is 0 Å². The molecule has 5 rings (SSSR count). The minimum Gasteiger partial charge on any atom is -0.479 e. The number of aryl methyl sites for hydroxylation is 1. The van der Waals surface area contributed by atoms with E-state index in [1.165, 1.54) is 8.61 Å². The topological polar surface area (TPSA) is 87.2 Å². The molecule has 2 atom stereocenters. The van der Waals surface area contributed by atoms with E-state index < -0.39 is 27.9 Å². The van der Waals surface area contributed by atoms with Gasteiger partial charge in [-0.1, -0.05) is 60.2 Å². The highest BCUT2D eigenvalue weighted by molar-refractivity contribution is 7.90. The minimum absolute atomic E-state index is 0.251. The predicted octanol–water partition coefficient (Wildman–Crippen LogP) is 5.71. The molecular weight excluding hydrogens is 512 g/mol. The van der Waals surface area contributed by atoms with Crippen LogP contribution in [0.3, 0.4) is 0 Å². The zero-order chi connectivity index (χ0) is 28.3. The average Bonchev–Trinajstić information content (AvgIpc) is 3.36. The van der Waals surface area contributed by atoms with E-state index in [1.807, 2.05) is 96.1 Å². The predicted molar refractivity (Wildman–Crippen MR) is 153 cm³/mol. The first-order valence-corrected chi connectivity index (χ1v) is 14.7. The number of benzene rings is 3. The van der Waals surface area contributed by atoms with Gasteiger partial charge in [-0.3, -0.25) is 4.31 Å². The molecule has 0 unspecified atom stereocenters. The molecule has 0 aliphatic carbocycles. The quantitative estimate of drug-likeness (QED) is 0.426. The van der Waals surface area contributed by atoms with Gasteiger partial charge >= 0.3 is 16.2 Å². The third-order valence-corrected chi connectivity index (χ3v) is 9.53. The lowest BCUT2D eigenvalue weighted by molar-refractivity contribution is -0.160. The molecule has 2 aliphatic heterocycles. The van der Waals surface area contributed by atoms with Crippen LogP contribution in [0, 0.1) is 20.8 Å². The van der Waals surface area contributed by atoms with Crippen molar-refractivity contribution >= 4 is 21.9 Å². The summed E-state index contributed by atoms with van der Waals surface area (Å²) in [6, 6.07) is 17.3. The van der Waals surface area contributed by atoms with Crippen molar-refractivity contribution in [2.24, 2.45) is 0 Å². The van der Waals surface area contributed by atoms with E-state index in [2.05, 4.69) is 0 Å². The Morgan fingerprint density at radius 3 is 2.26 bits per heavy atom. The van der Waals surface area contributed by atoms with E-state index in [1.54, 1.807) is 0 Å². The molecule has 2 aliphatic rings. The zero-order valence-electron chi connectivity index (χ0n) is 23.4. The number of aliphatic carboxylic acids is 1. The first-order chi connectivity index (χ1) is 18.3. The van der Waals surface area contributed by atoms with Crippen LogP contribution < -0.4 is 4.31 Å². The van der Waals surface area contributed by atoms with E-state index in [-0.39, 0.29) is 6.04 Å². The van der Waals surface area contributed by atoms with Crippen molar-refractivity contribution in [3.63, 3.8) is 0 Å². The highest BCUT2D eigenvalue weighted by atomic mass is 32.2. The summed E-state index contributed by atoms with van der Waals surface area (Å²) >= 11 is 0. The Hall–Kier alpha value is -3.20. The van der Waals surface area contributed by atoms with Gasteiger partial charge in [0.15, 0.2) is 6.10 Å². The van der Waals surface area contributed by atoms with Gasteiger partial charge in [-0.25, -0.2) is 4.79 Å². The first kappa shape index (κ1) is 27.4. The number of hydrogen-bond acceptors (Lipinski definition) is 4. The zero-order valence-corrected chi connectivity index (χ0v) is 24.2. The van der Waals surface area contributed by atoms with Gasteiger partial charge in [0.05, 0.1) is 17.3 Å². The Morgan fingerprint density at radius 2 is 1.67 bits per heavy atom. The van der Waals surface area contributed by atoms with Crippen LogP contribution in [-0.2, 0) is 32.7 Å². The number of rotatable bonds is 6. The van der Waals surface area contributed by atoms with Crippen LogP contribution in [0.2, 0.25) is 0 Å². The monoisotopic (exact) mass is 548 g/mol. The molecule has 0 amide bonds. The molecule has 0 radical (unpaired) electrons. The maximum atomic E-state index is 13.9. The second-order valence-corrected chi connectivity index (χ2v) is 13.4. The highest BCUT2D eigenvalue weighted by Gasteiger charge is 2.50. The third kappa shape index (κ3) is 4.86. The number of fused-ring (bicyclic) bond motifs is 3. The molecule has 1 fully saturated rings. The minimum atomic E-state index is -3.82. The van der Waals surface area contributed by atoms with Crippen molar-refractivity contribution in [3.05, 3.63) is 88.0 Å². The lowest BCUT2D eigenvalue weighted by Crippen LogP contribution is -2.34. The smallest absolute Gasteiger partial charge is 0.337 e. The van der Waals surface area contributed by atoms with E-state index in [4.69, 9.17) is 4.74 Å². The molecule has 0 aromatic heterocycles. The van der Waals surface area contributed by atoms with Crippen LogP contribution in [0.15, 0.2) is 54.6 Å². The summed E-state index contributed by atoms with van der Waals surface area (Å²) in [5.41, 5.74) is 6.59. The highest BCUT2D eigenvalue weighted by Crippen LogP contribution is 2.50. The van der Waals surface area contributed by atoms with Crippen LogP contribution in [0.1, 0.15) is 60.3 Å². The Kier molecular flexibility index (Phi) is 6.85. The van der Waals surface area contributed by atoms with Crippen molar-refractivity contribution < 1.29 is 23.1 Å². The summed E-state index contributed by atoms with van der Waals surface area (Å²) in [6.45, 7) is 12.0. The third-order valence-electron chi connectivity index (χ3n) is 7.62. The molecular formula is C31H36N2O5S. The van der Waals surface area contributed by atoms with Gasteiger partial charge in [-0.15, -0.1) is 0 Å². The molecule has 206 valence electrons. The van der Waals surface area contributed by atoms with Gasteiger partial charge in [0.25, 0.3) is 0 Å². The summed E-state index contributed by atoms with van der Waals surface area (Å²) in [5.74, 6) is -1.11. The molecule has 3 aromatic carbocycles. The van der Waals surface area contributed by atoms with Crippen LogP contribution in [-0.4, -0.2) is 42.0 Å². The number of ether oxygens (including phenoxy) is 1. The summed E-state index contributed by atoms with van der Waals surface area (Å²) in [4.78, 5) is 12.7. The van der Waals surface area contributed by atoms with Crippen LogP contribution >= 0.6 is 0 Å². The van der Waals surface area contributed by atoms with Crippen molar-refractivity contribution in [1.82, 2.24) is 4.31 Å². The van der Waals surface area contributed by atoms with Crippen molar-refractivity contribution in [3.8, 4) is 11.1 Å². The second-order valence-electron chi connectivity index (χ2n) is 11.6. The summed E-state index contributed by atoms with van der Waals surface area (Å²) < 4.78 is 37.1.